The monoisotopic (exact) mass is 336 g/mol. The van der Waals surface area contributed by atoms with E-state index < -0.39 is 0 Å². The summed E-state index contributed by atoms with van der Waals surface area (Å²) in [7, 11) is 0. The Hall–Kier alpha value is -1.26. The fourth-order valence-corrected chi connectivity index (χ4v) is 3.57. The Kier molecular flexibility index (Phi) is 5.79. The second-order valence-corrected chi connectivity index (χ2v) is 6.89. The number of benzene rings is 1. The van der Waals surface area contributed by atoms with Crippen molar-refractivity contribution in [1.29, 1.82) is 0 Å². The Labute approximate surface area is 143 Å². The summed E-state index contributed by atoms with van der Waals surface area (Å²) in [5, 5.41) is 0.723. The van der Waals surface area contributed by atoms with Gasteiger partial charge in [0, 0.05) is 43.7 Å². The topological polar surface area (TPSA) is 32.8 Å². The number of piperazine rings is 1. The summed E-state index contributed by atoms with van der Waals surface area (Å²) in [4.78, 5) is 16.8. The van der Waals surface area contributed by atoms with Gasteiger partial charge in [-0.1, -0.05) is 24.4 Å². The molecule has 1 saturated carbocycles. The fourth-order valence-electron chi connectivity index (χ4n) is 3.45. The third-order valence-electron chi connectivity index (χ3n) is 4.88. The number of carbonyl (C=O) groups is 1. The lowest BCUT2D eigenvalue weighted by Gasteiger charge is -2.35. The molecule has 1 aromatic rings. The van der Waals surface area contributed by atoms with Crippen molar-refractivity contribution in [3.63, 3.8) is 0 Å². The van der Waals surface area contributed by atoms with Crippen LogP contribution in [0.25, 0.3) is 0 Å². The smallest absolute Gasteiger partial charge is 0.225 e. The number of amides is 1. The number of rotatable bonds is 5. The van der Waals surface area contributed by atoms with Gasteiger partial charge in [-0.05, 0) is 37.1 Å². The molecule has 1 aromatic carbocycles. The number of hydrogen-bond acceptors (Lipinski definition) is 3. The number of halogens is 1. The summed E-state index contributed by atoms with van der Waals surface area (Å²) in [6.45, 7) is 5.17. The van der Waals surface area contributed by atoms with E-state index in [9.17, 15) is 4.79 Å². The Morgan fingerprint density at radius 2 is 1.74 bits per heavy atom. The van der Waals surface area contributed by atoms with Gasteiger partial charge in [0.1, 0.15) is 12.4 Å². The van der Waals surface area contributed by atoms with Gasteiger partial charge in [0.05, 0.1) is 0 Å². The molecule has 0 aromatic heterocycles. The molecule has 1 aliphatic carbocycles. The molecular weight excluding hydrogens is 312 g/mol. The lowest BCUT2D eigenvalue weighted by molar-refractivity contribution is -0.137. The minimum absolute atomic E-state index is 0.301. The van der Waals surface area contributed by atoms with Crippen LogP contribution in [0.5, 0.6) is 5.75 Å². The normalized spacial score (nSPS) is 20.0. The number of ether oxygens (including phenoxy) is 1. The molecule has 2 aliphatic rings. The van der Waals surface area contributed by atoms with E-state index in [4.69, 9.17) is 16.3 Å². The van der Waals surface area contributed by atoms with E-state index in [1.54, 1.807) is 0 Å². The van der Waals surface area contributed by atoms with Gasteiger partial charge in [-0.15, -0.1) is 0 Å². The Morgan fingerprint density at radius 3 is 2.39 bits per heavy atom. The summed E-state index contributed by atoms with van der Waals surface area (Å²) in [6.07, 6.45) is 4.62. The molecular formula is C18H25ClN2O2. The molecule has 1 heterocycles. The molecule has 0 atom stereocenters. The zero-order valence-electron chi connectivity index (χ0n) is 13.5. The first-order valence-electron chi connectivity index (χ1n) is 8.62. The van der Waals surface area contributed by atoms with E-state index in [-0.39, 0.29) is 0 Å². The molecule has 1 amide bonds. The summed E-state index contributed by atoms with van der Waals surface area (Å²) in [5.74, 6) is 1.54. The van der Waals surface area contributed by atoms with E-state index in [2.05, 4.69) is 9.80 Å². The fraction of sp³-hybridized carbons (Fsp3) is 0.611. The summed E-state index contributed by atoms with van der Waals surface area (Å²) < 4.78 is 5.74. The Morgan fingerprint density at radius 1 is 1.09 bits per heavy atom. The highest BCUT2D eigenvalue weighted by molar-refractivity contribution is 6.30. The molecule has 0 spiro atoms. The van der Waals surface area contributed by atoms with Crippen molar-refractivity contribution >= 4 is 17.5 Å². The molecule has 0 unspecified atom stereocenters. The molecule has 3 rings (SSSR count). The second-order valence-electron chi connectivity index (χ2n) is 6.45. The lowest BCUT2D eigenvalue weighted by atomic mass is 10.1. The minimum atomic E-state index is 0.301. The van der Waals surface area contributed by atoms with Gasteiger partial charge in [0.15, 0.2) is 0 Å². The predicted octanol–water partition coefficient (Wildman–Crippen LogP) is 3.05. The first-order chi connectivity index (χ1) is 11.2. The largest absolute Gasteiger partial charge is 0.492 e. The van der Waals surface area contributed by atoms with Crippen LogP contribution >= 0.6 is 11.6 Å². The third-order valence-corrected chi connectivity index (χ3v) is 5.13. The lowest BCUT2D eigenvalue weighted by Crippen LogP contribution is -2.50. The maximum atomic E-state index is 12.4. The van der Waals surface area contributed by atoms with Gasteiger partial charge in [-0.2, -0.15) is 0 Å². The van der Waals surface area contributed by atoms with Crippen LogP contribution in [0.3, 0.4) is 0 Å². The van der Waals surface area contributed by atoms with Gasteiger partial charge in [-0.25, -0.2) is 0 Å². The minimum Gasteiger partial charge on any atom is -0.492 e. The maximum Gasteiger partial charge on any atom is 0.225 e. The van der Waals surface area contributed by atoms with Gasteiger partial charge < -0.3 is 9.64 Å². The first-order valence-corrected chi connectivity index (χ1v) is 9.00. The predicted molar refractivity (Wildman–Crippen MR) is 91.9 cm³/mol. The van der Waals surface area contributed by atoms with Gasteiger partial charge >= 0.3 is 0 Å². The molecule has 0 radical (unpaired) electrons. The first kappa shape index (κ1) is 16.6. The standard InChI is InChI=1S/C18H25ClN2O2/c19-16-5-7-17(8-6-16)23-14-13-20-9-11-21(12-10-20)18(22)15-3-1-2-4-15/h5-8,15H,1-4,9-14H2. The Balaban J connectivity index is 1.36. The molecule has 1 aliphatic heterocycles. The summed E-state index contributed by atoms with van der Waals surface area (Å²) in [5.41, 5.74) is 0. The van der Waals surface area contributed by atoms with Crippen LogP contribution in [-0.2, 0) is 4.79 Å². The third kappa shape index (κ3) is 4.61. The summed E-state index contributed by atoms with van der Waals surface area (Å²) in [6, 6.07) is 7.45. The second kappa shape index (κ2) is 8.02. The summed E-state index contributed by atoms with van der Waals surface area (Å²) >= 11 is 5.86. The van der Waals surface area contributed by atoms with E-state index >= 15 is 0 Å². The molecule has 2 fully saturated rings. The van der Waals surface area contributed by atoms with Crippen LogP contribution in [0, 0.1) is 5.92 Å². The van der Waals surface area contributed by atoms with E-state index in [1.807, 2.05) is 24.3 Å². The maximum absolute atomic E-state index is 12.4. The van der Waals surface area contributed by atoms with Crippen molar-refractivity contribution in [2.45, 2.75) is 25.7 Å². The highest BCUT2D eigenvalue weighted by Crippen LogP contribution is 2.26. The zero-order chi connectivity index (χ0) is 16.1. The van der Waals surface area contributed by atoms with Crippen molar-refractivity contribution in [3.05, 3.63) is 29.3 Å². The quantitative estimate of drug-likeness (QED) is 0.828. The number of carbonyl (C=O) groups excluding carboxylic acids is 1. The molecule has 0 bridgehead atoms. The van der Waals surface area contributed by atoms with Gasteiger partial charge in [-0.3, -0.25) is 9.69 Å². The molecule has 23 heavy (non-hydrogen) atoms. The number of nitrogens with zero attached hydrogens (tertiary/aromatic N) is 2. The highest BCUT2D eigenvalue weighted by atomic mass is 35.5. The van der Waals surface area contributed by atoms with Crippen molar-refractivity contribution in [2.24, 2.45) is 5.92 Å². The van der Waals surface area contributed by atoms with Gasteiger partial charge in [0.25, 0.3) is 0 Å². The number of hydrogen-bond donors (Lipinski definition) is 0. The van der Waals surface area contributed by atoms with Gasteiger partial charge in [0.2, 0.25) is 5.91 Å². The van der Waals surface area contributed by atoms with Crippen LogP contribution in [-0.4, -0.2) is 55.0 Å². The van der Waals surface area contributed by atoms with E-state index in [1.165, 1.54) is 12.8 Å². The van der Waals surface area contributed by atoms with E-state index in [0.29, 0.717) is 18.4 Å². The van der Waals surface area contributed by atoms with Crippen LogP contribution < -0.4 is 4.74 Å². The molecule has 4 nitrogen and oxygen atoms in total. The van der Waals surface area contributed by atoms with Crippen LogP contribution in [0.1, 0.15) is 25.7 Å². The van der Waals surface area contributed by atoms with E-state index in [0.717, 1.165) is 56.3 Å². The average molecular weight is 337 g/mol. The van der Waals surface area contributed by atoms with Crippen molar-refractivity contribution in [3.8, 4) is 5.75 Å². The van der Waals surface area contributed by atoms with Crippen molar-refractivity contribution in [1.82, 2.24) is 9.80 Å². The van der Waals surface area contributed by atoms with Crippen LogP contribution in [0.2, 0.25) is 5.02 Å². The van der Waals surface area contributed by atoms with Crippen LogP contribution in [0.15, 0.2) is 24.3 Å². The van der Waals surface area contributed by atoms with Crippen molar-refractivity contribution < 1.29 is 9.53 Å². The molecule has 0 N–H and O–H groups in total. The highest BCUT2D eigenvalue weighted by Gasteiger charge is 2.29. The molecule has 5 heteroatoms. The SMILES string of the molecule is O=C(C1CCCC1)N1CCN(CCOc2ccc(Cl)cc2)CC1. The molecule has 126 valence electrons. The van der Waals surface area contributed by atoms with Crippen molar-refractivity contribution in [2.75, 3.05) is 39.3 Å². The average Bonchev–Trinajstić information content (AvgIpc) is 3.11. The molecule has 1 saturated heterocycles. The zero-order valence-corrected chi connectivity index (χ0v) is 14.3. The Bertz CT molecular complexity index is 506. The van der Waals surface area contributed by atoms with Crippen LogP contribution in [0.4, 0.5) is 0 Å².